The smallest absolute Gasteiger partial charge is 0.447 e. The first-order chi connectivity index (χ1) is 66.2. The number of benzene rings is 5. The van der Waals surface area contributed by atoms with Crippen LogP contribution in [-0.4, -0.2) is 157 Å². The molecular weight excluding hydrogens is 1830 g/mol. The number of amides is 1. The first-order valence-electron chi connectivity index (χ1n) is 40.7. The van der Waals surface area contributed by atoms with Crippen molar-refractivity contribution in [2.24, 2.45) is 12.0 Å². The average molecular weight is 1910 g/mol. The van der Waals surface area contributed by atoms with Crippen molar-refractivity contribution in [1.29, 1.82) is 0 Å². The number of fused-ring (bicyclic) bond motifs is 4. The van der Waals surface area contributed by atoms with Gasteiger partial charge >= 0.3 is 23.6 Å². The molecule has 0 saturated heterocycles. The van der Waals surface area contributed by atoms with Gasteiger partial charge < -0.3 is 52.1 Å². The summed E-state index contributed by atoms with van der Waals surface area (Å²) in [6, 6.07) is 46.3. The molecule has 48 heteroatoms. The number of halogens is 10. The summed E-state index contributed by atoms with van der Waals surface area (Å²) in [5.74, 6) is -4.85. The zero-order chi connectivity index (χ0) is 96.8. The number of hydrogen-bond acceptors (Lipinski definition) is 30. The topological polar surface area (TPSA) is 462 Å². The number of H-pyrrole nitrogens is 1. The molecule has 2 aliphatic rings. The minimum Gasteiger partial charge on any atom is -0.507 e. The predicted molar refractivity (Wildman–Crippen MR) is 470 cm³/mol. The monoisotopic (exact) mass is 1900 g/mol. The summed E-state index contributed by atoms with van der Waals surface area (Å²) >= 11 is 0. The molecule has 16 heterocycles. The van der Waals surface area contributed by atoms with E-state index in [1.54, 1.807) is 120 Å². The highest BCUT2D eigenvalue weighted by Crippen LogP contribution is 2.51. The molecule has 0 atom stereocenters. The lowest BCUT2D eigenvalue weighted by Gasteiger charge is -2.38. The number of hydrogen-bond donors (Lipinski definition) is 3. The number of aliphatic imine (C=N–C) groups is 1. The molecule has 138 heavy (non-hydrogen) atoms. The number of alkyl halides is 6. The third-order valence-electron chi connectivity index (χ3n) is 21.3. The maximum atomic E-state index is 14.4. The van der Waals surface area contributed by atoms with Crippen LogP contribution in [0.4, 0.5) is 55.5 Å². The number of methoxy groups -OCH3 is 1. The van der Waals surface area contributed by atoms with E-state index in [-0.39, 0.29) is 117 Å². The van der Waals surface area contributed by atoms with Crippen molar-refractivity contribution in [2.45, 2.75) is 70.5 Å². The summed E-state index contributed by atoms with van der Waals surface area (Å²) in [6.07, 6.45) is -3.10. The van der Waals surface area contributed by atoms with E-state index in [0.29, 0.717) is 91.7 Å². The van der Waals surface area contributed by atoms with Gasteiger partial charge in [-0.3, -0.25) is 37.9 Å². The minimum atomic E-state index is -6.14. The lowest BCUT2D eigenvalue weighted by Crippen LogP contribution is -2.69. The number of nitrogens with one attached hydrogen (secondary N) is 2. The number of aromatic amines is 1. The van der Waals surface area contributed by atoms with Crippen molar-refractivity contribution in [3.8, 4) is 109 Å². The molecule has 0 spiro atoms. The van der Waals surface area contributed by atoms with Crippen molar-refractivity contribution < 1.29 is 101 Å². The van der Waals surface area contributed by atoms with Gasteiger partial charge in [0.05, 0.1) is 73.9 Å². The number of aromatic nitrogens is 22. The quantitative estimate of drug-likeness (QED) is 0.0672. The third-order valence-corrected chi connectivity index (χ3v) is 21.3. The summed E-state index contributed by atoms with van der Waals surface area (Å²) in [6.45, 7) is 5.55. The summed E-state index contributed by atoms with van der Waals surface area (Å²) in [5, 5.41) is 45.0. The predicted octanol–water partition coefficient (Wildman–Crippen LogP) is 15.7. The van der Waals surface area contributed by atoms with Gasteiger partial charge in [0.2, 0.25) is 17.5 Å². The van der Waals surface area contributed by atoms with E-state index in [0.717, 1.165) is 22.9 Å². The van der Waals surface area contributed by atoms with Gasteiger partial charge in [0.1, 0.15) is 122 Å². The lowest BCUT2D eigenvalue weighted by atomic mass is 9.98. The molecule has 0 aliphatic carbocycles. The Balaban J connectivity index is 0.000000149. The Labute approximate surface area is 769 Å². The molecular formula is C90H70F10N24O14. The number of anilines is 1. The van der Waals surface area contributed by atoms with E-state index >= 15 is 0 Å². The maximum Gasteiger partial charge on any atom is 0.447 e. The number of carbonyl (C=O) groups is 2. The van der Waals surface area contributed by atoms with E-state index < -0.39 is 69.6 Å². The molecule has 0 fully saturated rings. The Hall–Kier alpha value is -18.3. The molecule has 0 saturated carbocycles. The highest BCUT2D eigenvalue weighted by atomic mass is 19.4. The standard InChI is InChI=1S/C28H23FN6O3.C21H11F7N6O3.C21H16FN7O3.C20H12FN5O5.4H2/c1-28(2)20-15-30-26(31-25(20)32-27(38-28)17-8-10-19(36-3)11-9-17)23-14-24(22-12-13-37-34-22)35(33-23)16-18-6-4-5-7-21(18)29;22-11-4-2-1-3-10(11)9-34-14(12-5-6-36-33-12)7-13(32-34)16-29-8-15-17(30-16)31-18(35)19(37-15,20(23,24)25)21(26,27)28;1-12(30)29-20-14(21(31)27(29)2)10-23-19(24-20)17-9-18(16-7-8-32-26-16)28(25-17)11-13-5-3-4-6-15(13)22;21-11-4-2-1-3-10(11)9-26-14(12-5-6-30-25-12)7-13(24-26)18-22-19(29)17-15(27)8-16(28)31-20(17)23-18;;;;/h4-15H,16H2,1-3H3;1-8H,9H2,(H,29,30,31,35);3-10H,11H2,1-2H3;1-8,27H,9H2,(H,22,23,29);4*1H/i;;;;4*1+1. The van der Waals surface area contributed by atoms with Crippen LogP contribution in [0.15, 0.2) is 261 Å². The van der Waals surface area contributed by atoms with Crippen LogP contribution in [0.25, 0.3) is 114 Å². The molecule has 14 aromatic heterocycles. The van der Waals surface area contributed by atoms with Gasteiger partial charge in [0, 0.05) is 84.2 Å². The van der Waals surface area contributed by atoms with Gasteiger partial charge in [-0.1, -0.05) is 93.4 Å². The average Bonchev–Trinajstić information content (AvgIpc) is 1.06. The largest absolute Gasteiger partial charge is 0.507 e. The van der Waals surface area contributed by atoms with Crippen LogP contribution in [0.3, 0.4) is 0 Å². The molecule has 19 aromatic rings. The highest BCUT2D eigenvalue weighted by Gasteiger charge is 2.80. The molecule has 38 nitrogen and oxygen atoms in total. The molecule has 0 bridgehead atoms. The number of ether oxygens (including phenoxy) is 3. The molecule has 21 rings (SSSR count). The summed E-state index contributed by atoms with van der Waals surface area (Å²) in [4.78, 5) is 97.4. The Morgan fingerprint density at radius 3 is 1.38 bits per heavy atom. The second-order valence-corrected chi connectivity index (χ2v) is 30.7. The van der Waals surface area contributed by atoms with Crippen molar-refractivity contribution >= 4 is 51.5 Å². The first kappa shape index (κ1) is 90.2. The maximum absolute atomic E-state index is 14.4. The van der Waals surface area contributed by atoms with Crippen molar-refractivity contribution in [3.63, 3.8) is 0 Å². The number of rotatable bonds is 18. The molecule has 0 radical (unpaired) electrons. The second-order valence-electron chi connectivity index (χ2n) is 30.7. The molecule has 0 unspecified atom stereocenters. The molecule has 704 valence electrons. The summed E-state index contributed by atoms with van der Waals surface area (Å²) < 4.78 is 186. The zero-order valence-corrected chi connectivity index (χ0v) is 71.5. The normalized spacial score (nSPS) is 13.1. The van der Waals surface area contributed by atoms with E-state index in [2.05, 4.69) is 75.5 Å². The number of carbonyl (C=O) groups excluding carboxylic acids is 2. The van der Waals surface area contributed by atoms with E-state index in [1.165, 1.54) is 118 Å². The van der Waals surface area contributed by atoms with Crippen LogP contribution in [0.1, 0.15) is 64.7 Å². The van der Waals surface area contributed by atoms with Gasteiger partial charge in [0.25, 0.3) is 17.0 Å². The summed E-state index contributed by atoms with van der Waals surface area (Å²) in [5.41, 5.74) is -0.00690. The zero-order valence-electron chi connectivity index (χ0n) is 71.5. The number of nitrogens with zero attached hydrogens (tertiary/aromatic N) is 22. The Morgan fingerprint density at radius 2 is 0.942 bits per heavy atom. The molecule has 1 amide bonds. The number of aromatic hydroxyl groups is 1. The van der Waals surface area contributed by atoms with Crippen LogP contribution in [0, 0.1) is 23.3 Å². The fraction of sp³-hybridized carbons (Fsp3) is 0.144. The van der Waals surface area contributed by atoms with Crippen LogP contribution in [0.2, 0.25) is 0 Å². The molecule has 2 aliphatic heterocycles. The van der Waals surface area contributed by atoms with Gasteiger partial charge in [-0.25, -0.2) is 56.9 Å². The Bertz CT molecular complexity index is 8080. The van der Waals surface area contributed by atoms with Crippen molar-refractivity contribution in [1.82, 2.24) is 109 Å². The van der Waals surface area contributed by atoms with E-state index in [9.17, 15) is 73.0 Å². The SMILES string of the molecule is CC(=O)n1c2nc(-c3cc(-c4ccon4)n(Cc4ccccc4F)n3)ncc2c(=O)n1C.COc1ccc(C2=Nc3nc(-c4cc(-c5ccon5)n(Cc5ccccc5F)n4)ncc3C(C)(C)O2)cc1.O=C1Nc2nc(-c3cc(-c4ccon4)n(Cc4ccccc4F)n3)ncc2OC1(C(F)(F)F)C(F)(F)F.O=c1cc(O)c2c(=O)[nH]c(-c3cc(-c4ccon4)n(Cc4ccccc4F)n3)nc2o1.[2HH].[2HH].[2HH].[2HH]. The van der Waals surface area contributed by atoms with Crippen molar-refractivity contribution in [2.75, 3.05) is 12.4 Å². The van der Waals surface area contributed by atoms with Gasteiger partial charge in [-0.05, 0) is 86.6 Å². The van der Waals surface area contributed by atoms with Crippen LogP contribution in [0.5, 0.6) is 17.2 Å². The first-order valence-corrected chi connectivity index (χ1v) is 40.7. The van der Waals surface area contributed by atoms with Gasteiger partial charge in [-0.2, -0.15) is 61.4 Å². The van der Waals surface area contributed by atoms with Gasteiger partial charge in [-0.15, -0.1) is 0 Å². The van der Waals surface area contributed by atoms with Crippen molar-refractivity contribution in [3.05, 3.63) is 307 Å². The van der Waals surface area contributed by atoms with Crippen LogP contribution >= 0.6 is 0 Å². The fourth-order valence-corrected chi connectivity index (χ4v) is 14.6. The van der Waals surface area contributed by atoms with Gasteiger partial charge in [0.15, 0.2) is 46.3 Å². The Kier molecular flexibility index (Phi) is 23.8. The summed E-state index contributed by atoms with van der Waals surface area (Å²) in [7, 11) is 3.10. The molecule has 3 N–H and O–H groups in total. The Morgan fingerprint density at radius 1 is 0.514 bits per heavy atom. The third kappa shape index (κ3) is 17.7. The highest BCUT2D eigenvalue weighted by molar-refractivity contribution is 6.01. The van der Waals surface area contributed by atoms with Crippen LogP contribution in [-0.2, 0) is 48.4 Å². The van der Waals surface area contributed by atoms with Crippen LogP contribution < -0.4 is 31.5 Å². The second kappa shape index (κ2) is 36.3. The van der Waals surface area contributed by atoms with E-state index in [1.807, 2.05) is 38.1 Å². The minimum absolute atomic E-state index is 0. The fourth-order valence-electron chi connectivity index (χ4n) is 14.6. The molecule has 5 aromatic carbocycles. The van der Waals surface area contributed by atoms with E-state index in [4.69, 9.17) is 47.1 Å². The lowest BCUT2D eigenvalue weighted by molar-refractivity contribution is -0.340.